The van der Waals surface area contributed by atoms with Crippen LogP contribution < -0.4 is 5.32 Å². The van der Waals surface area contributed by atoms with Gasteiger partial charge in [-0.05, 0) is 67.4 Å². The summed E-state index contributed by atoms with van der Waals surface area (Å²) < 4.78 is 1.77. The molecule has 1 aliphatic heterocycles. The summed E-state index contributed by atoms with van der Waals surface area (Å²) in [4.78, 5) is 14.9. The van der Waals surface area contributed by atoms with E-state index < -0.39 is 0 Å². The minimum absolute atomic E-state index is 0.0665. The Bertz CT molecular complexity index is 864. The molecule has 0 aliphatic carbocycles. The average Bonchev–Trinajstić information content (AvgIpc) is 3.42. The lowest BCUT2D eigenvalue weighted by Gasteiger charge is -2.14. The number of nitrogens with one attached hydrogen (secondary N) is 1. The molecule has 4 rings (SSSR count). The quantitative estimate of drug-likeness (QED) is 0.733. The van der Waals surface area contributed by atoms with Crippen LogP contribution in [0.3, 0.4) is 0 Å². The maximum Gasteiger partial charge on any atom is 0.251 e. The van der Waals surface area contributed by atoms with Gasteiger partial charge in [0.25, 0.3) is 5.91 Å². The van der Waals surface area contributed by atoms with Gasteiger partial charge >= 0.3 is 0 Å². The van der Waals surface area contributed by atoms with Crippen molar-refractivity contribution in [3.05, 3.63) is 83.7 Å². The van der Waals surface area contributed by atoms with Gasteiger partial charge in [-0.2, -0.15) is 5.10 Å². The average molecular weight is 360 g/mol. The topological polar surface area (TPSA) is 50.2 Å². The third-order valence-electron chi connectivity index (χ3n) is 4.98. The van der Waals surface area contributed by atoms with Gasteiger partial charge in [-0.1, -0.05) is 24.3 Å². The number of aromatic nitrogens is 2. The highest BCUT2D eigenvalue weighted by atomic mass is 16.1. The number of amides is 1. The van der Waals surface area contributed by atoms with E-state index in [1.807, 2.05) is 36.5 Å². The second-order valence-electron chi connectivity index (χ2n) is 6.98. The highest BCUT2D eigenvalue weighted by molar-refractivity contribution is 5.94. The lowest BCUT2D eigenvalue weighted by molar-refractivity contribution is 0.0951. The van der Waals surface area contributed by atoms with Gasteiger partial charge in [0.05, 0.1) is 5.69 Å². The summed E-state index contributed by atoms with van der Waals surface area (Å²) in [5.74, 6) is -0.0665. The van der Waals surface area contributed by atoms with Crippen LogP contribution in [-0.2, 0) is 13.1 Å². The Morgan fingerprint density at radius 2 is 1.67 bits per heavy atom. The Hall–Kier alpha value is -2.92. The zero-order valence-electron chi connectivity index (χ0n) is 15.3. The second-order valence-corrected chi connectivity index (χ2v) is 6.98. The van der Waals surface area contributed by atoms with E-state index in [-0.39, 0.29) is 5.91 Å². The Kier molecular flexibility index (Phi) is 5.30. The normalized spacial score (nSPS) is 14.4. The summed E-state index contributed by atoms with van der Waals surface area (Å²) >= 11 is 0. The van der Waals surface area contributed by atoms with E-state index in [2.05, 4.69) is 39.6 Å². The molecule has 2 aromatic carbocycles. The molecule has 1 aliphatic rings. The Morgan fingerprint density at radius 3 is 2.33 bits per heavy atom. The fourth-order valence-electron chi connectivity index (χ4n) is 3.43. The van der Waals surface area contributed by atoms with Crippen molar-refractivity contribution in [2.45, 2.75) is 25.9 Å². The Labute approximate surface area is 159 Å². The van der Waals surface area contributed by atoms with Crippen LogP contribution in [0.1, 0.15) is 34.3 Å². The van der Waals surface area contributed by atoms with Gasteiger partial charge < -0.3 is 5.32 Å². The molecule has 0 atom stereocenters. The van der Waals surface area contributed by atoms with Crippen molar-refractivity contribution in [1.29, 1.82) is 0 Å². The van der Waals surface area contributed by atoms with E-state index in [0.29, 0.717) is 12.1 Å². The van der Waals surface area contributed by atoms with Gasteiger partial charge in [-0.25, -0.2) is 4.68 Å². The molecular weight excluding hydrogens is 336 g/mol. The summed E-state index contributed by atoms with van der Waals surface area (Å²) in [6.45, 7) is 3.97. The van der Waals surface area contributed by atoms with E-state index in [9.17, 15) is 4.79 Å². The molecule has 0 unspecified atom stereocenters. The van der Waals surface area contributed by atoms with Crippen LogP contribution in [0.2, 0.25) is 0 Å². The van der Waals surface area contributed by atoms with Gasteiger partial charge in [-0.3, -0.25) is 9.69 Å². The molecule has 1 fully saturated rings. The standard InChI is InChI=1S/C22H24N4O/c27-22(20-8-10-21(11-9-20)26-15-3-12-24-26)23-16-18-4-6-19(7-5-18)17-25-13-1-2-14-25/h3-12,15H,1-2,13-14,16-17H2,(H,23,27). The maximum absolute atomic E-state index is 12.4. The van der Waals surface area contributed by atoms with Gasteiger partial charge in [0.2, 0.25) is 0 Å². The molecule has 5 nitrogen and oxygen atoms in total. The molecule has 138 valence electrons. The molecule has 0 radical (unpaired) electrons. The summed E-state index contributed by atoms with van der Waals surface area (Å²) in [5, 5.41) is 7.18. The van der Waals surface area contributed by atoms with Crippen LogP contribution in [0.5, 0.6) is 0 Å². The zero-order valence-corrected chi connectivity index (χ0v) is 15.3. The largest absolute Gasteiger partial charge is 0.348 e. The molecule has 0 bridgehead atoms. The molecule has 1 saturated heterocycles. The smallest absolute Gasteiger partial charge is 0.251 e. The molecular formula is C22H24N4O. The van der Waals surface area contributed by atoms with Gasteiger partial charge in [0.1, 0.15) is 0 Å². The molecule has 27 heavy (non-hydrogen) atoms. The molecule has 0 spiro atoms. The van der Waals surface area contributed by atoms with Crippen LogP contribution in [0.15, 0.2) is 67.0 Å². The summed E-state index contributed by atoms with van der Waals surface area (Å²) in [6.07, 6.45) is 6.24. The van der Waals surface area contributed by atoms with Crippen LogP contribution in [0, 0.1) is 0 Å². The first-order valence-electron chi connectivity index (χ1n) is 9.46. The number of hydrogen-bond donors (Lipinski definition) is 1. The fourth-order valence-corrected chi connectivity index (χ4v) is 3.43. The third-order valence-corrected chi connectivity index (χ3v) is 4.98. The highest BCUT2D eigenvalue weighted by Gasteiger charge is 2.11. The minimum atomic E-state index is -0.0665. The van der Waals surface area contributed by atoms with Crippen molar-refractivity contribution in [2.75, 3.05) is 13.1 Å². The first-order chi connectivity index (χ1) is 13.3. The first-order valence-corrected chi connectivity index (χ1v) is 9.46. The zero-order chi connectivity index (χ0) is 18.5. The van der Waals surface area contributed by atoms with Crippen LogP contribution in [-0.4, -0.2) is 33.7 Å². The van der Waals surface area contributed by atoms with Crippen molar-refractivity contribution >= 4 is 5.91 Å². The SMILES string of the molecule is O=C(NCc1ccc(CN2CCCC2)cc1)c1ccc(-n2cccn2)cc1. The van der Waals surface area contributed by atoms with Crippen LogP contribution >= 0.6 is 0 Å². The Morgan fingerprint density at radius 1 is 0.963 bits per heavy atom. The minimum Gasteiger partial charge on any atom is -0.348 e. The first kappa shape index (κ1) is 17.5. The summed E-state index contributed by atoms with van der Waals surface area (Å²) in [5.41, 5.74) is 4.03. The number of benzene rings is 2. The lowest BCUT2D eigenvalue weighted by atomic mass is 10.1. The molecule has 1 N–H and O–H groups in total. The van der Waals surface area contributed by atoms with Crippen LogP contribution in [0.4, 0.5) is 0 Å². The third kappa shape index (κ3) is 4.44. The second kappa shape index (κ2) is 8.18. The molecule has 1 aromatic heterocycles. The van der Waals surface area contributed by atoms with E-state index in [4.69, 9.17) is 0 Å². The van der Waals surface area contributed by atoms with Gasteiger partial charge in [0, 0.05) is 31.0 Å². The van der Waals surface area contributed by atoms with E-state index >= 15 is 0 Å². The Balaban J connectivity index is 1.30. The fraction of sp³-hybridized carbons (Fsp3) is 0.273. The molecule has 2 heterocycles. The summed E-state index contributed by atoms with van der Waals surface area (Å²) in [7, 11) is 0. The van der Waals surface area contributed by atoms with Gasteiger partial charge in [0.15, 0.2) is 0 Å². The number of hydrogen-bond acceptors (Lipinski definition) is 3. The van der Waals surface area contributed by atoms with Crippen molar-refractivity contribution < 1.29 is 4.79 Å². The molecule has 3 aromatic rings. The van der Waals surface area contributed by atoms with Gasteiger partial charge in [-0.15, -0.1) is 0 Å². The highest BCUT2D eigenvalue weighted by Crippen LogP contribution is 2.14. The van der Waals surface area contributed by atoms with E-state index in [1.165, 1.54) is 31.5 Å². The number of carbonyl (C=O) groups is 1. The molecule has 1 amide bonds. The molecule has 0 saturated carbocycles. The van der Waals surface area contributed by atoms with Crippen molar-refractivity contribution in [1.82, 2.24) is 20.0 Å². The lowest BCUT2D eigenvalue weighted by Crippen LogP contribution is -2.22. The van der Waals surface area contributed by atoms with E-state index in [1.54, 1.807) is 10.9 Å². The number of carbonyl (C=O) groups excluding carboxylic acids is 1. The predicted molar refractivity (Wildman–Crippen MR) is 106 cm³/mol. The van der Waals surface area contributed by atoms with Crippen LogP contribution in [0.25, 0.3) is 5.69 Å². The summed E-state index contributed by atoms with van der Waals surface area (Å²) in [6, 6.07) is 17.9. The number of likely N-dealkylation sites (tertiary alicyclic amines) is 1. The molecule has 5 heteroatoms. The van der Waals surface area contributed by atoms with Crippen molar-refractivity contribution in [3.63, 3.8) is 0 Å². The van der Waals surface area contributed by atoms with Crippen molar-refractivity contribution in [3.8, 4) is 5.69 Å². The van der Waals surface area contributed by atoms with Crippen molar-refractivity contribution in [2.24, 2.45) is 0 Å². The number of nitrogens with zero attached hydrogens (tertiary/aromatic N) is 3. The van der Waals surface area contributed by atoms with E-state index in [0.717, 1.165) is 17.8 Å². The predicted octanol–water partition coefficient (Wildman–Crippen LogP) is 3.40. The maximum atomic E-state index is 12.4. The number of rotatable bonds is 6. The monoisotopic (exact) mass is 360 g/mol.